The van der Waals surface area contributed by atoms with E-state index in [1.54, 1.807) is 60.7 Å². The minimum absolute atomic E-state index is 0. The standard InChI is InChI=1S/4C18H15P.C12H8BrNO2.C6H6BBrO2.C6H4INO2.Pd/c4*1-4-10-16(11-5-1)19(17-12-6-2-7-13-17)18-14-8-3-9-15-18;13-10-7-5-9(6-8-10)11-3-1-2-4-12(11)14(15)16;8-6-3-1-5(2-4-6)7(9)10;7-5-3-1-2-4-6(5)8(9)10;/h4*1-15H;1-8H;1-4,9-10H;1-4H;. The van der Waals surface area contributed by atoms with Crippen LogP contribution in [-0.4, -0.2) is 27.0 Å². The number of para-hydroxylation sites is 2. The van der Waals surface area contributed by atoms with E-state index in [0.717, 1.165) is 14.5 Å². The number of halogens is 3. The molecule has 113 heavy (non-hydrogen) atoms. The molecule has 0 fully saturated rings. The van der Waals surface area contributed by atoms with Crippen LogP contribution in [0.5, 0.6) is 0 Å². The molecule has 16 aromatic rings. The topological polar surface area (TPSA) is 127 Å². The fourth-order valence-corrected chi connectivity index (χ4v) is 21.8. The Hall–Kier alpha value is -9.62. The molecule has 562 valence electrons. The van der Waals surface area contributed by atoms with Crippen LogP contribution in [0.1, 0.15) is 0 Å². The smallest absolute Gasteiger partial charge is 0.423 e. The van der Waals surface area contributed by atoms with Gasteiger partial charge in [-0.1, -0.05) is 444 Å². The molecule has 17 heteroatoms. The maximum Gasteiger partial charge on any atom is 0.488 e. The Labute approximate surface area is 712 Å². The molecule has 16 aromatic carbocycles. The first-order valence-electron chi connectivity index (χ1n) is 35.7. The van der Waals surface area contributed by atoms with Crippen LogP contribution in [0.2, 0.25) is 0 Å². The summed E-state index contributed by atoms with van der Waals surface area (Å²) in [5.41, 5.74) is 2.28. The molecular weight excluding hydrogens is 1800 g/mol. The summed E-state index contributed by atoms with van der Waals surface area (Å²) in [5, 5.41) is 55.2. The van der Waals surface area contributed by atoms with Crippen molar-refractivity contribution in [2.75, 3.05) is 0 Å². The van der Waals surface area contributed by atoms with E-state index in [4.69, 9.17) is 10.0 Å². The second kappa shape index (κ2) is 48.4. The SMILES string of the molecule is O=[N+]([O-])c1ccccc1-c1ccc(Br)cc1.O=[N+]([O-])c1ccccc1I.OB(O)c1ccc(Br)cc1.[Pd].c1ccc(P(c2ccccc2)c2ccccc2)cc1.c1ccc(P(c2ccccc2)c2ccccc2)cc1.c1ccc(P(c2ccccc2)c2ccccc2)cc1.c1ccc(P(c2ccccc2)c2ccccc2)cc1. The third kappa shape index (κ3) is 27.9. The average Bonchev–Trinajstić information content (AvgIpc) is 0.839. The van der Waals surface area contributed by atoms with Crippen molar-refractivity contribution in [2.24, 2.45) is 0 Å². The van der Waals surface area contributed by atoms with Crippen molar-refractivity contribution in [1.82, 2.24) is 0 Å². The van der Waals surface area contributed by atoms with Gasteiger partial charge in [-0.05, 0) is 165 Å². The summed E-state index contributed by atoms with van der Waals surface area (Å²) in [5.74, 6) is 0. The summed E-state index contributed by atoms with van der Waals surface area (Å²) < 4.78 is 2.55. The quantitative estimate of drug-likeness (QED) is 0.0326. The van der Waals surface area contributed by atoms with Gasteiger partial charge >= 0.3 is 7.12 Å². The molecule has 2 N–H and O–H groups in total. The van der Waals surface area contributed by atoms with E-state index >= 15 is 0 Å². The Morgan fingerprint density at radius 1 is 0.248 bits per heavy atom. The number of nitro benzene ring substituents is 2. The normalized spacial score (nSPS) is 10.2. The van der Waals surface area contributed by atoms with Crippen LogP contribution < -0.4 is 69.1 Å². The maximum atomic E-state index is 10.9. The van der Waals surface area contributed by atoms with E-state index in [2.05, 4.69) is 396 Å². The predicted octanol–water partition coefficient (Wildman–Crippen LogP) is 20.1. The zero-order chi connectivity index (χ0) is 78.3. The summed E-state index contributed by atoms with van der Waals surface area (Å²) in [6.45, 7) is 0. The van der Waals surface area contributed by atoms with Crippen molar-refractivity contribution >= 4 is 174 Å². The molecule has 0 saturated carbocycles. The molecule has 0 unspecified atom stereocenters. The monoisotopic (exact) mass is 1880 g/mol. The first kappa shape index (κ1) is 87.3. The Morgan fingerprint density at radius 2 is 0.425 bits per heavy atom. The molecule has 8 nitrogen and oxygen atoms in total. The van der Waals surface area contributed by atoms with E-state index in [1.807, 2.05) is 46.9 Å². The first-order chi connectivity index (χ1) is 54.9. The van der Waals surface area contributed by atoms with Gasteiger partial charge in [-0.2, -0.15) is 0 Å². The van der Waals surface area contributed by atoms with E-state index in [1.165, 1.54) is 75.8 Å². The number of hydrogen-bond donors (Lipinski definition) is 2. The zero-order valence-corrected chi connectivity index (χ0v) is 71.6. The summed E-state index contributed by atoms with van der Waals surface area (Å²) in [6.07, 6.45) is 0. The van der Waals surface area contributed by atoms with E-state index in [9.17, 15) is 20.2 Å². The Balaban J connectivity index is 0.000000153. The fraction of sp³-hybridized carbons (Fsp3) is 0. The van der Waals surface area contributed by atoms with Gasteiger partial charge in [-0.3, -0.25) is 20.2 Å². The van der Waals surface area contributed by atoms with Crippen molar-refractivity contribution in [3.8, 4) is 11.1 Å². The molecule has 0 aliphatic heterocycles. The molecule has 0 heterocycles. The van der Waals surface area contributed by atoms with E-state index in [-0.39, 0.29) is 41.6 Å². The molecule has 0 aliphatic rings. The fourth-order valence-electron chi connectivity index (χ4n) is 11.5. The van der Waals surface area contributed by atoms with Crippen molar-refractivity contribution in [1.29, 1.82) is 0 Å². The third-order valence-electron chi connectivity index (χ3n) is 16.6. The van der Waals surface area contributed by atoms with Gasteiger partial charge < -0.3 is 10.0 Å². The van der Waals surface area contributed by atoms with Crippen LogP contribution >= 0.6 is 86.1 Å². The van der Waals surface area contributed by atoms with Crippen LogP contribution in [0.15, 0.2) is 470 Å². The average molecular weight is 1880 g/mol. The summed E-state index contributed by atoms with van der Waals surface area (Å²) in [7, 11) is -3.15. The van der Waals surface area contributed by atoms with Crippen LogP contribution in [0.3, 0.4) is 0 Å². The molecule has 0 amide bonds. The van der Waals surface area contributed by atoms with Crippen LogP contribution in [0, 0.1) is 23.8 Å². The molecule has 0 saturated heterocycles. The largest absolute Gasteiger partial charge is 0.488 e. The molecule has 0 atom stereocenters. The molecule has 0 bridgehead atoms. The number of nitrogens with zero attached hydrogens (tertiary/aromatic N) is 2. The van der Waals surface area contributed by atoms with Gasteiger partial charge in [-0.25, -0.2) is 0 Å². The summed E-state index contributed by atoms with van der Waals surface area (Å²) in [6, 6.07) is 157. The number of benzene rings is 16. The first-order valence-corrected chi connectivity index (χ1v) is 43.7. The summed E-state index contributed by atoms with van der Waals surface area (Å²) in [4.78, 5) is 20.3. The Morgan fingerprint density at radius 3 is 0.611 bits per heavy atom. The van der Waals surface area contributed by atoms with Crippen LogP contribution in [0.4, 0.5) is 11.4 Å². The summed E-state index contributed by atoms with van der Waals surface area (Å²) >= 11 is 8.50. The maximum absolute atomic E-state index is 10.9. The number of hydrogen-bond acceptors (Lipinski definition) is 6. The molecule has 0 aromatic heterocycles. The van der Waals surface area contributed by atoms with Crippen LogP contribution in [0.25, 0.3) is 11.1 Å². The molecular formula is C96H78BBr2IN2O6P4Pd. The molecule has 0 radical (unpaired) electrons. The minimum atomic E-state index is -1.37. The molecule has 0 spiro atoms. The number of rotatable bonds is 16. The third-order valence-corrected chi connectivity index (χ3v) is 28.4. The van der Waals surface area contributed by atoms with Gasteiger partial charge in [0.15, 0.2) is 0 Å². The van der Waals surface area contributed by atoms with Crippen molar-refractivity contribution < 1.29 is 40.3 Å². The molecule has 16 rings (SSSR count). The van der Waals surface area contributed by atoms with Gasteiger partial charge in [0.05, 0.1) is 19.0 Å². The Kier molecular flexibility index (Phi) is 37.4. The van der Waals surface area contributed by atoms with Crippen molar-refractivity contribution in [3.05, 3.63) is 494 Å². The van der Waals surface area contributed by atoms with E-state index < -0.39 is 38.8 Å². The zero-order valence-electron chi connectivity index (χ0n) is 61.1. The van der Waals surface area contributed by atoms with Gasteiger partial charge in [0, 0.05) is 41.5 Å². The number of nitro groups is 2. The van der Waals surface area contributed by atoms with Crippen LogP contribution in [-0.2, 0) is 20.4 Å². The second-order valence-corrected chi connectivity index (χ2v) is 36.2. The Bertz CT molecular complexity index is 4510. The van der Waals surface area contributed by atoms with Gasteiger partial charge in [0.2, 0.25) is 0 Å². The minimum Gasteiger partial charge on any atom is -0.423 e. The van der Waals surface area contributed by atoms with Crippen molar-refractivity contribution in [2.45, 2.75) is 0 Å². The van der Waals surface area contributed by atoms with Gasteiger partial charge in [0.1, 0.15) is 0 Å². The predicted molar refractivity (Wildman–Crippen MR) is 497 cm³/mol. The van der Waals surface area contributed by atoms with Gasteiger partial charge in [-0.15, -0.1) is 0 Å². The van der Waals surface area contributed by atoms with Gasteiger partial charge in [0.25, 0.3) is 11.4 Å². The second-order valence-electron chi connectivity index (χ2n) is 24.3. The molecule has 0 aliphatic carbocycles. The van der Waals surface area contributed by atoms with E-state index in [0.29, 0.717) is 14.6 Å². The van der Waals surface area contributed by atoms with Crippen molar-refractivity contribution in [3.63, 3.8) is 0 Å².